The normalized spacial score (nSPS) is 9.89. The lowest BCUT2D eigenvalue weighted by atomic mass is 10.3. The third kappa shape index (κ3) is 2.45. The van der Waals surface area contributed by atoms with Gasteiger partial charge in [0.15, 0.2) is 17.2 Å². The van der Waals surface area contributed by atoms with Crippen molar-refractivity contribution in [3.05, 3.63) is 36.5 Å². The number of hydrogen-bond donors (Lipinski definition) is 1. The van der Waals surface area contributed by atoms with Crippen LogP contribution in [0.15, 0.2) is 36.5 Å². The predicted octanol–water partition coefficient (Wildman–Crippen LogP) is 2.47. The van der Waals surface area contributed by atoms with Crippen LogP contribution in [0.2, 0.25) is 0 Å². The minimum atomic E-state index is 0.365. The standard InChI is InChI=1S/C13H14N2O3/c1-16-10-6-5-9(14)8-12(10)18-13-11(17-2)4-3-7-15-13/h3-8H,14H2,1-2H3. The Kier molecular flexibility index (Phi) is 3.52. The Morgan fingerprint density at radius 2 is 1.78 bits per heavy atom. The first-order valence-corrected chi connectivity index (χ1v) is 5.35. The van der Waals surface area contributed by atoms with E-state index in [-0.39, 0.29) is 0 Å². The fourth-order valence-electron chi connectivity index (χ4n) is 1.49. The molecule has 0 aliphatic carbocycles. The predicted molar refractivity (Wildman–Crippen MR) is 68.3 cm³/mol. The van der Waals surface area contributed by atoms with Gasteiger partial charge in [-0.2, -0.15) is 0 Å². The van der Waals surface area contributed by atoms with Crippen LogP contribution in [0.1, 0.15) is 0 Å². The molecule has 94 valence electrons. The number of aromatic nitrogens is 1. The van der Waals surface area contributed by atoms with E-state index < -0.39 is 0 Å². The first-order chi connectivity index (χ1) is 8.74. The van der Waals surface area contributed by atoms with Crippen molar-refractivity contribution in [3.8, 4) is 23.1 Å². The zero-order chi connectivity index (χ0) is 13.0. The molecule has 0 aliphatic heterocycles. The van der Waals surface area contributed by atoms with Gasteiger partial charge in [-0.05, 0) is 24.3 Å². The quantitative estimate of drug-likeness (QED) is 0.839. The van der Waals surface area contributed by atoms with Crippen molar-refractivity contribution in [1.29, 1.82) is 0 Å². The fraction of sp³-hybridized carbons (Fsp3) is 0.154. The van der Waals surface area contributed by atoms with E-state index in [4.69, 9.17) is 19.9 Å². The van der Waals surface area contributed by atoms with Gasteiger partial charge in [0.25, 0.3) is 5.88 Å². The average Bonchev–Trinajstić information content (AvgIpc) is 2.40. The molecule has 5 heteroatoms. The van der Waals surface area contributed by atoms with E-state index in [0.717, 1.165) is 0 Å². The van der Waals surface area contributed by atoms with Crippen LogP contribution in [0.3, 0.4) is 0 Å². The van der Waals surface area contributed by atoms with Crippen LogP contribution in [-0.4, -0.2) is 19.2 Å². The molecular formula is C13H14N2O3. The van der Waals surface area contributed by atoms with Crippen LogP contribution in [0.5, 0.6) is 23.1 Å². The summed E-state index contributed by atoms with van der Waals surface area (Å²) in [5, 5.41) is 0. The highest BCUT2D eigenvalue weighted by Crippen LogP contribution is 2.35. The van der Waals surface area contributed by atoms with E-state index in [9.17, 15) is 0 Å². The molecule has 2 N–H and O–H groups in total. The minimum absolute atomic E-state index is 0.365. The molecule has 2 rings (SSSR count). The number of nitrogens with zero attached hydrogens (tertiary/aromatic N) is 1. The second-order valence-corrected chi connectivity index (χ2v) is 3.52. The van der Waals surface area contributed by atoms with E-state index in [1.807, 2.05) is 0 Å². The maximum atomic E-state index is 5.72. The number of methoxy groups -OCH3 is 2. The van der Waals surface area contributed by atoms with Crippen molar-refractivity contribution in [2.75, 3.05) is 20.0 Å². The van der Waals surface area contributed by atoms with Crippen LogP contribution >= 0.6 is 0 Å². The van der Waals surface area contributed by atoms with Gasteiger partial charge in [0.1, 0.15) is 0 Å². The molecule has 18 heavy (non-hydrogen) atoms. The molecule has 0 fully saturated rings. The molecule has 0 aliphatic rings. The average molecular weight is 246 g/mol. The Labute approximate surface area is 105 Å². The number of rotatable bonds is 4. The second kappa shape index (κ2) is 5.27. The molecule has 0 radical (unpaired) electrons. The lowest BCUT2D eigenvalue weighted by Crippen LogP contribution is -1.96. The zero-order valence-corrected chi connectivity index (χ0v) is 10.2. The van der Waals surface area contributed by atoms with Gasteiger partial charge in [0.05, 0.1) is 14.2 Å². The van der Waals surface area contributed by atoms with Gasteiger partial charge >= 0.3 is 0 Å². The fourth-order valence-corrected chi connectivity index (χ4v) is 1.49. The molecule has 1 heterocycles. The number of benzene rings is 1. The van der Waals surface area contributed by atoms with Gasteiger partial charge in [-0.25, -0.2) is 4.98 Å². The topological polar surface area (TPSA) is 66.6 Å². The van der Waals surface area contributed by atoms with E-state index >= 15 is 0 Å². The molecule has 0 spiro atoms. The number of anilines is 1. The number of ether oxygens (including phenoxy) is 3. The summed E-state index contributed by atoms with van der Waals surface area (Å²) in [4.78, 5) is 4.11. The Balaban J connectivity index is 2.36. The summed E-state index contributed by atoms with van der Waals surface area (Å²) >= 11 is 0. The third-order valence-corrected chi connectivity index (χ3v) is 2.35. The second-order valence-electron chi connectivity index (χ2n) is 3.52. The lowest BCUT2D eigenvalue weighted by molar-refractivity contribution is 0.348. The maximum absolute atomic E-state index is 5.72. The van der Waals surface area contributed by atoms with Gasteiger partial charge in [-0.3, -0.25) is 0 Å². The Bertz CT molecular complexity index is 544. The monoisotopic (exact) mass is 246 g/mol. The lowest BCUT2D eigenvalue weighted by Gasteiger charge is -2.12. The molecule has 1 aromatic carbocycles. The third-order valence-electron chi connectivity index (χ3n) is 2.35. The van der Waals surface area contributed by atoms with E-state index in [1.54, 1.807) is 50.7 Å². The number of pyridine rings is 1. The molecule has 0 amide bonds. The molecule has 2 aromatic rings. The van der Waals surface area contributed by atoms with Gasteiger partial charge < -0.3 is 19.9 Å². The van der Waals surface area contributed by atoms with E-state index in [0.29, 0.717) is 28.8 Å². The van der Waals surface area contributed by atoms with Crippen LogP contribution in [0.25, 0.3) is 0 Å². The first-order valence-electron chi connectivity index (χ1n) is 5.35. The molecular weight excluding hydrogens is 232 g/mol. The molecule has 0 bridgehead atoms. The molecule has 0 saturated carbocycles. The highest BCUT2D eigenvalue weighted by Gasteiger charge is 2.10. The Morgan fingerprint density at radius 1 is 1.00 bits per heavy atom. The van der Waals surface area contributed by atoms with Gasteiger partial charge in [-0.15, -0.1) is 0 Å². The van der Waals surface area contributed by atoms with E-state index in [2.05, 4.69) is 4.98 Å². The van der Waals surface area contributed by atoms with Gasteiger partial charge in [0.2, 0.25) is 0 Å². The van der Waals surface area contributed by atoms with Crippen LogP contribution in [0.4, 0.5) is 5.69 Å². The van der Waals surface area contributed by atoms with Crippen molar-refractivity contribution in [2.24, 2.45) is 0 Å². The van der Waals surface area contributed by atoms with Gasteiger partial charge in [-0.1, -0.05) is 0 Å². The summed E-state index contributed by atoms with van der Waals surface area (Å²) in [5.41, 5.74) is 6.30. The van der Waals surface area contributed by atoms with Crippen molar-refractivity contribution in [1.82, 2.24) is 4.98 Å². The van der Waals surface area contributed by atoms with Crippen LogP contribution < -0.4 is 19.9 Å². The van der Waals surface area contributed by atoms with E-state index in [1.165, 1.54) is 0 Å². The Morgan fingerprint density at radius 3 is 2.50 bits per heavy atom. The van der Waals surface area contributed by atoms with Crippen molar-refractivity contribution < 1.29 is 14.2 Å². The smallest absolute Gasteiger partial charge is 0.262 e. The van der Waals surface area contributed by atoms with Crippen LogP contribution in [0, 0.1) is 0 Å². The number of hydrogen-bond acceptors (Lipinski definition) is 5. The largest absolute Gasteiger partial charge is 0.493 e. The molecule has 5 nitrogen and oxygen atoms in total. The summed E-state index contributed by atoms with van der Waals surface area (Å²) in [5.74, 6) is 1.98. The van der Waals surface area contributed by atoms with Crippen molar-refractivity contribution >= 4 is 5.69 Å². The first kappa shape index (κ1) is 12.0. The molecule has 0 unspecified atom stereocenters. The maximum Gasteiger partial charge on any atom is 0.262 e. The number of nitrogen functional groups attached to an aromatic ring is 1. The summed E-state index contributed by atoms with van der Waals surface area (Å²) < 4.78 is 16.0. The van der Waals surface area contributed by atoms with Crippen LogP contribution in [-0.2, 0) is 0 Å². The molecule has 0 atom stereocenters. The minimum Gasteiger partial charge on any atom is -0.493 e. The summed E-state index contributed by atoms with van der Waals surface area (Å²) in [6.45, 7) is 0. The summed E-state index contributed by atoms with van der Waals surface area (Å²) in [6.07, 6.45) is 1.62. The highest BCUT2D eigenvalue weighted by molar-refractivity contribution is 5.53. The molecule has 1 aromatic heterocycles. The van der Waals surface area contributed by atoms with Crippen molar-refractivity contribution in [3.63, 3.8) is 0 Å². The van der Waals surface area contributed by atoms with Gasteiger partial charge in [0, 0.05) is 18.0 Å². The SMILES string of the molecule is COc1ccc(N)cc1Oc1ncccc1OC. The summed E-state index contributed by atoms with van der Waals surface area (Å²) in [7, 11) is 3.12. The highest BCUT2D eigenvalue weighted by atomic mass is 16.5. The molecule has 0 saturated heterocycles. The Hall–Kier alpha value is -2.43. The van der Waals surface area contributed by atoms with Crippen molar-refractivity contribution in [2.45, 2.75) is 0 Å². The zero-order valence-electron chi connectivity index (χ0n) is 10.2. The number of nitrogens with two attached hydrogens (primary N) is 1. The summed E-state index contributed by atoms with van der Waals surface area (Å²) in [6, 6.07) is 8.68.